The van der Waals surface area contributed by atoms with Crippen LogP contribution in [0.25, 0.3) is 11.0 Å². The minimum absolute atomic E-state index is 0.123. The average molecular weight is 344 g/mol. The summed E-state index contributed by atoms with van der Waals surface area (Å²) in [6, 6.07) is 4.19. The minimum Gasteiger partial charge on any atom is -0.383 e. The second-order valence-corrected chi connectivity index (χ2v) is 6.39. The third-order valence-electron chi connectivity index (χ3n) is 4.30. The first-order valence-electron chi connectivity index (χ1n) is 8.00. The molecule has 1 aliphatic heterocycles. The smallest absolute Gasteiger partial charge is 0.226 e. The van der Waals surface area contributed by atoms with E-state index in [2.05, 4.69) is 37.1 Å². The Morgan fingerprint density at radius 1 is 1.17 bits per heavy atom. The van der Waals surface area contributed by atoms with Crippen molar-refractivity contribution in [2.75, 3.05) is 18.8 Å². The molecule has 8 heteroatoms. The second-order valence-electron chi connectivity index (χ2n) is 6.06. The number of nitrogens with zero attached hydrogens (tertiary/aromatic N) is 6. The summed E-state index contributed by atoms with van der Waals surface area (Å²) >= 11 is 5.91. The van der Waals surface area contributed by atoms with E-state index in [1.807, 2.05) is 6.20 Å². The van der Waals surface area contributed by atoms with Crippen LogP contribution in [0.2, 0.25) is 5.28 Å². The van der Waals surface area contributed by atoms with Crippen LogP contribution in [0, 0.1) is 0 Å². The molecule has 3 aromatic rings. The highest BCUT2D eigenvalue weighted by Crippen LogP contribution is 2.20. The van der Waals surface area contributed by atoms with Crippen LogP contribution in [0.3, 0.4) is 0 Å². The molecule has 3 aromatic heterocycles. The van der Waals surface area contributed by atoms with Crippen molar-refractivity contribution in [1.82, 2.24) is 29.6 Å². The summed E-state index contributed by atoms with van der Waals surface area (Å²) in [4.78, 5) is 15.1. The molecule has 0 bridgehead atoms. The highest BCUT2D eigenvalue weighted by Gasteiger charge is 2.13. The number of hydrogen-bond donors (Lipinski definition) is 1. The van der Waals surface area contributed by atoms with Crippen molar-refractivity contribution in [3.63, 3.8) is 0 Å². The standard InChI is InChI=1S/C16H18ClN7/c17-16-21-14(18)13-8-20-24(15(13)22-16)10-12-7-11(3-4-19-12)9-23-5-1-2-6-23/h3-4,7-8H,1-2,5-6,9-10H2,(H2,18,21,22). The van der Waals surface area contributed by atoms with E-state index in [4.69, 9.17) is 17.3 Å². The van der Waals surface area contributed by atoms with Crippen molar-refractivity contribution in [3.05, 3.63) is 41.1 Å². The number of rotatable bonds is 4. The van der Waals surface area contributed by atoms with Crippen molar-refractivity contribution in [1.29, 1.82) is 0 Å². The lowest BCUT2D eigenvalue weighted by molar-refractivity contribution is 0.331. The van der Waals surface area contributed by atoms with E-state index in [1.165, 1.54) is 31.5 Å². The molecule has 124 valence electrons. The summed E-state index contributed by atoms with van der Waals surface area (Å²) in [6.45, 7) is 3.84. The van der Waals surface area contributed by atoms with Crippen LogP contribution in [0.4, 0.5) is 5.82 Å². The van der Waals surface area contributed by atoms with Gasteiger partial charge < -0.3 is 5.73 Å². The lowest BCUT2D eigenvalue weighted by Gasteiger charge is -2.14. The zero-order valence-electron chi connectivity index (χ0n) is 13.2. The molecule has 0 unspecified atom stereocenters. The number of aromatic nitrogens is 5. The monoisotopic (exact) mass is 343 g/mol. The van der Waals surface area contributed by atoms with Crippen LogP contribution in [-0.2, 0) is 13.1 Å². The molecular formula is C16H18ClN7. The summed E-state index contributed by atoms with van der Waals surface area (Å²) in [5, 5.41) is 5.17. The second kappa shape index (κ2) is 6.33. The summed E-state index contributed by atoms with van der Waals surface area (Å²) in [6.07, 6.45) is 6.09. The number of halogens is 1. The Morgan fingerprint density at radius 2 is 2.00 bits per heavy atom. The van der Waals surface area contributed by atoms with E-state index in [0.717, 1.165) is 12.2 Å². The van der Waals surface area contributed by atoms with Gasteiger partial charge in [-0.25, -0.2) is 9.67 Å². The molecule has 1 aliphatic rings. The number of nitrogens with two attached hydrogens (primary N) is 1. The van der Waals surface area contributed by atoms with Gasteiger partial charge in [-0.2, -0.15) is 10.1 Å². The van der Waals surface area contributed by atoms with Gasteiger partial charge in [0.1, 0.15) is 5.82 Å². The molecule has 7 nitrogen and oxygen atoms in total. The zero-order chi connectivity index (χ0) is 16.5. The zero-order valence-corrected chi connectivity index (χ0v) is 13.9. The van der Waals surface area contributed by atoms with Gasteiger partial charge in [0.15, 0.2) is 5.65 Å². The maximum Gasteiger partial charge on any atom is 0.226 e. The maximum absolute atomic E-state index is 5.91. The molecular weight excluding hydrogens is 326 g/mol. The topological polar surface area (TPSA) is 85.8 Å². The molecule has 0 radical (unpaired) electrons. The van der Waals surface area contributed by atoms with Crippen LogP contribution >= 0.6 is 11.6 Å². The number of nitrogen functional groups attached to an aromatic ring is 1. The molecule has 1 fully saturated rings. The van der Waals surface area contributed by atoms with E-state index in [9.17, 15) is 0 Å². The van der Waals surface area contributed by atoms with E-state index in [-0.39, 0.29) is 5.28 Å². The Hall–Kier alpha value is -2.25. The van der Waals surface area contributed by atoms with Crippen LogP contribution in [0.1, 0.15) is 24.1 Å². The first kappa shape index (κ1) is 15.3. The van der Waals surface area contributed by atoms with Crippen LogP contribution < -0.4 is 5.73 Å². The number of likely N-dealkylation sites (tertiary alicyclic amines) is 1. The predicted molar refractivity (Wildman–Crippen MR) is 92.6 cm³/mol. The number of fused-ring (bicyclic) bond motifs is 1. The first-order chi connectivity index (χ1) is 11.7. The van der Waals surface area contributed by atoms with Gasteiger partial charge in [0.05, 0.1) is 23.8 Å². The van der Waals surface area contributed by atoms with Crippen molar-refractivity contribution in [2.45, 2.75) is 25.9 Å². The van der Waals surface area contributed by atoms with Gasteiger partial charge in [0.2, 0.25) is 5.28 Å². The summed E-state index contributed by atoms with van der Waals surface area (Å²) in [7, 11) is 0. The third kappa shape index (κ3) is 3.05. The molecule has 4 rings (SSSR count). The van der Waals surface area contributed by atoms with Gasteiger partial charge in [-0.15, -0.1) is 0 Å². The molecule has 0 aliphatic carbocycles. The van der Waals surface area contributed by atoms with Gasteiger partial charge in [-0.1, -0.05) is 0 Å². The Kier molecular flexibility index (Phi) is 4.03. The van der Waals surface area contributed by atoms with Crippen molar-refractivity contribution < 1.29 is 0 Å². The molecule has 0 atom stereocenters. The first-order valence-corrected chi connectivity index (χ1v) is 8.37. The molecule has 0 spiro atoms. The quantitative estimate of drug-likeness (QED) is 0.730. The van der Waals surface area contributed by atoms with E-state index in [1.54, 1.807) is 10.9 Å². The van der Waals surface area contributed by atoms with Crippen LogP contribution in [0.15, 0.2) is 24.5 Å². The Morgan fingerprint density at radius 3 is 2.83 bits per heavy atom. The van der Waals surface area contributed by atoms with Crippen LogP contribution in [0.5, 0.6) is 0 Å². The van der Waals surface area contributed by atoms with Crippen molar-refractivity contribution in [2.24, 2.45) is 0 Å². The molecule has 4 heterocycles. The predicted octanol–water partition coefficient (Wildman–Crippen LogP) is 2.10. The van der Waals surface area contributed by atoms with Gasteiger partial charge in [-0.3, -0.25) is 9.88 Å². The minimum atomic E-state index is 0.123. The largest absolute Gasteiger partial charge is 0.383 e. The summed E-state index contributed by atoms with van der Waals surface area (Å²) in [5.41, 5.74) is 8.70. The fourth-order valence-electron chi connectivity index (χ4n) is 3.13. The number of hydrogen-bond acceptors (Lipinski definition) is 6. The normalized spacial score (nSPS) is 15.4. The maximum atomic E-state index is 5.91. The molecule has 0 amide bonds. The van der Waals surface area contributed by atoms with Gasteiger partial charge >= 0.3 is 0 Å². The lowest BCUT2D eigenvalue weighted by Crippen LogP contribution is -2.18. The average Bonchev–Trinajstić information content (AvgIpc) is 3.18. The summed E-state index contributed by atoms with van der Waals surface area (Å²) < 4.78 is 1.75. The highest BCUT2D eigenvalue weighted by atomic mass is 35.5. The van der Waals surface area contributed by atoms with Crippen molar-refractivity contribution in [3.8, 4) is 0 Å². The van der Waals surface area contributed by atoms with E-state index < -0.39 is 0 Å². The number of pyridine rings is 1. The lowest BCUT2D eigenvalue weighted by atomic mass is 10.2. The Balaban J connectivity index is 1.59. The highest BCUT2D eigenvalue weighted by molar-refractivity contribution is 6.28. The van der Waals surface area contributed by atoms with E-state index >= 15 is 0 Å². The van der Waals surface area contributed by atoms with Gasteiger partial charge in [0, 0.05) is 12.7 Å². The van der Waals surface area contributed by atoms with Crippen LogP contribution in [-0.4, -0.2) is 42.7 Å². The van der Waals surface area contributed by atoms with Gasteiger partial charge in [-0.05, 0) is 55.2 Å². The molecule has 0 saturated carbocycles. The Bertz CT molecular complexity index is 870. The van der Waals surface area contributed by atoms with Crippen molar-refractivity contribution >= 4 is 28.5 Å². The van der Waals surface area contributed by atoms with E-state index in [0.29, 0.717) is 23.4 Å². The number of anilines is 1. The summed E-state index contributed by atoms with van der Waals surface area (Å²) in [5.74, 6) is 0.340. The molecule has 0 aromatic carbocycles. The fraction of sp³-hybridized carbons (Fsp3) is 0.375. The molecule has 24 heavy (non-hydrogen) atoms. The SMILES string of the molecule is Nc1nc(Cl)nc2c1cnn2Cc1cc(CN2CCCC2)ccn1. The Labute approximate surface area is 144 Å². The molecule has 2 N–H and O–H groups in total. The fourth-order valence-corrected chi connectivity index (χ4v) is 3.30. The molecule has 1 saturated heterocycles. The third-order valence-corrected chi connectivity index (χ3v) is 4.47. The van der Waals surface area contributed by atoms with Gasteiger partial charge in [0.25, 0.3) is 0 Å².